The van der Waals surface area contributed by atoms with Crippen molar-refractivity contribution in [3.05, 3.63) is 264 Å². The highest BCUT2D eigenvalue weighted by molar-refractivity contribution is 7.14. The summed E-state index contributed by atoms with van der Waals surface area (Å²) in [6, 6.07) is 47.9. The number of thiazole rings is 4. The third kappa shape index (κ3) is 31.2. The van der Waals surface area contributed by atoms with Gasteiger partial charge in [0.15, 0.2) is 5.01 Å². The van der Waals surface area contributed by atoms with Gasteiger partial charge in [-0.1, -0.05) is 70.7 Å². The Morgan fingerprint density at radius 1 is 0.523 bits per heavy atom. The predicted molar refractivity (Wildman–Crippen MR) is 512 cm³/mol. The molecule has 26 nitrogen and oxygen atoms in total. The molecule has 0 saturated carbocycles. The molecular formula is C94H100Cl4F4N12O14S4. The summed E-state index contributed by atoms with van der Waals surface area (Å²) in [6.07, 6.45) is 1.48. The summed E-state index contributed by atoms with van der Waals surface area (Å²) in [6.45, 7) is 7.95. The Bertz CT molecular complexity index is 5760. The molecular weight excluding hydrogens is 1870 g/mol. The maximum absolute atomic E-state index is 13.1. The lowest BCUT2D eigenvalue weighted by atomic mass is 9.99. The molecule has 5 amide bonds. The standard InChI is InChI=1S/2C17H16Cl2N2O2.C17H21FN2O2S.C16H19FN2O3S.C14H15FN2O3S.C13H13FN2O2S/c1-22-10-12-8-16(21-17-20-6-7-23-17)15(19)9-14(12)11-2-4-13(18)5-3-11;1-23-10-12-8-16(21-7-6-20-17(21)22)15(19)9-14(12)11-2-4-13(18)5-3-11;1-22-11-15-17(12-2-4-13(18)5-3-12)19-16(23-15)10-20-8-6-14(21)7-9-20;1-19(2)15(20)10-22-9-14-18-16(13(23-14)8-21-3)11-4-6-12(17)7-5-11;1-19-6-11-14(9-2-4-10(15)5-3-9)17-13(21-11)8-20-7-12(16)18;1-15-12(17)13-16-11(10(19-13)7-18-2)8-3-5-9(14)6-4-8/h2-5,8-9H,6-7,10H2,1H3,(H,20,21);2-5,8-9H,6-7,10H2,1H3,(H,20,22);2-5,14,21H,6-11H2,1H3;4-7H,8-10H2,1-3H3;2-5H,6-8H2,1H3,(H2,16,18);3-6H,7H2,1-2H3,(H,15,17). The zero-order chi connectivity index (χ0) is 94.8. The number of anilines is 2. The van der Waals surface area contributed by atoms with Gasteiger partial charge in [0, 0.05) is 122 Å². The molecule has 132 heavy (non-hydrogen) atoms. The quantitative estimate of drug-likeness (QED) is 0.0252. The number of nitrogens with two attached hydrogens (primary N) is 1. The second-order valence-corrected chi connectivity index (χ2v) is 35.7. The number of aliphatic hydroxyl groups is 1. The van der Waals surface area contributed by atoms with Gasteiger partial charge in [0.05, 0.1) is 136 Å². The number of piperidine rings is 1. The molecule has 0 radical (unpaired) electrons. The number of hydrogen-bond acceptors (Lipinski definition) is 25. The fourth-order valence-electron chi connectivity index (χ4n) is 13.2. The first-order valence-corrected chi connectivity index (χ1v) is 45.8. The number of carbonyl (C=O) groups is 4. The largest absolute Gasteiger partial charge is 0.463 e. The van der Waals surface area contributed by atoms with Crippen LogP contribution in [0.3, 0.4) is 0 Å². The molecule has 8 aromatic carbocycles. The number of aromatic nitrogens is 4. The smallest absolute Gasteiger partial charge is 0.322 e. The van der Waals surface area contributed by atoms with Crippen LogP contribution in [0.25, 0.3) is 67.3 Å². The average molecular weight is 1970 g/mol. The zero-order valence-corrected chi connectivity index (χ0v) is 80.0. The SMILES string of the molecule is CNC(=O)c1nc(-c2ccc(F)cc2)c(COC)s1.COCc1cc(N2CCNC2=O)c(Cl)cc1-c1ccc(Cl)cc1.COCc1cc(NC2=NCCO2)c(Cl)cc1-c1ccc(Cl)cc1.COCc1sc(CN2CCC(O)CC2)nc1-c1ccc(F)cc1.COCc1sc(COCC(=O)N(C)C)nc1-c1ccc(F)cc1.COCc1sc(COCC(N)=O)nc1-c1ccc(F)cc1. The lowest BCUT2D eigenvalue weighted by Crippen LogP contribution is -2.35. The topological polar surface area (TPSA) is 307 Å². The van der Waals surface area contributed by atoms with E-state index >= 15 is 0 Å². The molecule has 3 aliphatic heterocycles. The first-order chi connectivity index (χ1) is 63.7. The van der Waals surface area contributed by atoms with E-state index in [0.29, 0.717) is 113 Å². The van der Waals surface area contributed by atoms with Crippen LogP contribution in [0.4, 0.5) is 33.7 Å². The van der Waals surface area contributed by atoms with Gasteiger partial charge in [0.25, 0.3) is 11.9 Å². The average Bonchev–Trinajstić information content (AvgIpc) is 1.23. The van der Waals surface area contributed by atoms with Crippen molar-refractivity contribution >= 4 is 133 Å². The highest BCUT2D eigenvalue weighted by Crippen LogP contribution is 2.40. The molecule has 0 unspecified atom stereocenters. The molecule has 3 aliphatic rings. The lowest BCUT2D eigenvalue weighted by Gasteiger charge is -2.28. The van der Waals surface area contributed by atoms with Crippen molar-refractivity contribution in [3.8, 4) is 67.3 Å². The number of methoxy groups -OCH3 is 6. The molecule has 6 N–H and O–H groups in total. The number of amidine groups is 1. The fraction of sp³-hybridized carbons (Fsp3) is 0.309. The minimum absolute atomic E-state index is 0.0120. The van der Waals surface area contributed by atoms with E-state index < -0.39 is 5.91 Å². The van der Waals surface area contributed by atoms with Crippen molar-refractivity contribution in [1.29, 1.82) is 0 Å². The molecule has 15 rings (SSSR count). The number of nitrogens with one attached hydrogen (secondary N) is 3. The summed E-state index contributed by atoms with van der Waals surface area (Å²) in [5.41, 5.74) is 18.8. The Kier molecular flexibility index (Phi) is 41.7. The number of aliphatic hydroxyl groups excluding tert-OH is 1. The first-order valence-electron chi connectivity index (χ1n) is 41.0. The van der Waals surface area contributed by atoms with Crippen LogP contribution in [-0.4, -0.2) is 187 Å². The Balaban J connectivity index is 0.000000165. The number of hydrogen-bond donors (Lipinski definition) is 5. The lowest BCUT2D eigenvalue weighted by molar-refractivity contribution is -0.134. The van der Waals surface area contributed by atoms with Gasteiger partial charge in [-0.2, -0.15) is 0 Å². The van der Waals surface area contributed by atoms with Crippen molar-refractivity contribution in [2.24, 2.45) is 10.7 Å². The van der Waals surface area contributed by atoms with Crippen molar-refractivity contribution in [2.75, 3.05) is 127 Å². The van der Waals surface area contributed by atoms with Crippen LogP contribution in [0.2, 0.25) is 20.1 Å². The summed E-state index contributed by atoms with van der Waals surface area (Å²) in [5.74, 6) is -2.01. The molecule has 700 valence electrons. The molecule has 7 heterocycles. The maximum Gasteiger partial charge on any atom is 0.322 e. The fourth-order valence-corrected chi connectivity index (χ4v) is 18.0. The van der Waals surface area contributed by atoms with Crippen LogP contribution in [0.15, 0.2) is 175 Å². The number of halogens is 8. The van der Waals surface area contributed by atoms with E-state index in [-0.39, 0.29) is 73.6 Å². The van der Waals surface area contributed by atoms with Gasteiger partial charge >= 0.3 is 6.03 Å². The van der Waals surface area contributed by atoms with E-state index in [1.807, 2.05) is 72.8 Å². The second kappa shape index (κ2) is 53.0. The molecule has 0 atom stereocenters. The van der Waals surface area contributed by atoms with Crippen molar-refractivity contribution < 1.29 is 84.5 Å². The number of urea groups is 1. The molecule has 4 aromatic heterocycles. The van der Waals surface area contributed by atoms with Gasteiger partial charge in [-0.15, -0.1) is 45.3 Å². The predicted octanol–water partition coefficient (Wildman–Crippen LogP) is 19.2. The summed E-state index contributed by atoms with van der Waals surface area (Å²) in [4.78, 5) is 77.1. The minimum Gasteiger partial charge on any atom is -0.463 e. The number of carbonyl (C=O) groups excluding carboxylic acids is 4. The van der Waals surface area contributed by atoms with Crippen LogP contribution >= 0.6 is 91.8 Å². The van der Waals surface area contributed by atoms with Gasteiger partial charge in [-0.3, -0.25) is 24.2 Å². The molecule has 12 aromatic rings. The highest BCUT2D eigenvalue weighted by atomic mass is 35.5. The van der Waals surface area contributed by atoms with Crippen LogP contribution in [0.1, 0.15) is 68.3 Å². The van der Waals surface area contributed by atoms with Gasteiger partial charge in [0.2, 0.25) is 11.8 Å². The number of primary amides is 1. The third-order valence-electron chi connectivity index (χ3n) is 19.5. The molecule has 0 spiro atoms. The molecule has 38 heteroatoms. The monoisotopic (exact) mass is 1960 g/mol. The number of aliphatic imine (C=N–C) groups is 1. The second-order valence-electron chi connectivity index (χ2n) is 29.4. The van der Waals surface area contributed by atoms with Gasteiger partial charge in [-0.05, 0) is 192 Å². The Morgan fingerprint density at radius 2 is 0.924 bits per heavy atom. The summed E-state index contributed by atoms with van der Waals surface area (Å²) in [5, 5.41) is 23.4. The van der Waals surface area contributed by atoms with Gasteiger partial charge in [-0.25, -0.2) is 47.3 Å². The van der Waals surface area contributed by atoms with Gasteiger partial charge < -0.3 is 74.3 Å². The Labute approximate surface area is 798 Å². The van der Waals surface area contributed by atoms with Crippen molar-refractivity contribution in [2.45, 2.75) is 78.3 Å². The first kappa shape index (κ1) is 104. The Morgan fingerprint density at radius 3 is 1.33 bits per heavy atom. The number of amides is 5. The highest BCUT2D eigenvalue weighted by Gasteiger charge is 2.27. The number of ether oxygens (including phenoxy) is 9. The zero-order valence-electron chi connectivity index (χ0n) is 73.7. The van der Waals surface area contributed by atoms with Crippen molar-refractivity contribution in [3.63, 3.8) is 0 Å². The molecule has 2 fully saturated rings. The van der Waals surface area contributed by atoms with E-state index in [9.17, 15) is 41.8 Å². The van der Waals surface area contributed by atoms with Gasteiger partial charge in [0.1, 0.15) is 58.1 Å². The van der Waals surface area contributed by atoms with Crippen LogP contribution in [0, 0.1) is 23.3 Å². The maximum atomic E-state index is 13.1. The van der Waals surface area contributed by atoms with E-state index in [4.69, 9.17) is 99.8 Å². The van der Waals surface area contributed by atoms with E-state index in [1.54, 1.807) is 129 Å². The molecule has 0 bridgehead atoms. The van der Waals surface area contributed by atoms with Crippen LogP contribution in [-0.2, 0) is 112 Å². The number of likely N-dealkylation sites (tertiary alicyclic amines) is 1. The van der Waals surface area contributed by atoms with E-state index in [1.165, 1.54) is 87.4 Å². The number of likely N-dealkylation sites (N-methyl/N-ethyl adjacent to an activating group) is 1. The third-order valence-corrected chi connectivity index (χ3v) is 24.7. The van der Waals surface area contributed by atoms with E-state index in [2.05, 4.69) is 40.8 Å². The van der Waals surface area contributed by atoms with Crippen LogP contribution < -0.4 is 26.6 Å². The summed E-state index contributed by atoms with van der Waals surface area (Å²) in [7, 11) is 14.7. The number of rotatable bonds is 31. The molecule has 2 saturated heterocycles. The summed E-state index contributed by atoms with van der Waals surface area (Å²) >= 11 is 30.6. The van der Waals surface area contributed by atoms with Crippen LogP contribution in [0.5, 0.6) is 0 Å². The minimum atomic E-state index is -0.526. The number of nitrogens with zero attached hydrogens (tertiary/aromatic N) is 8. The molecule has 0 aliphatic carbocycles. The van der Waals surface area contributed by atoms with Crippen molar-refractivity contribution in [1.82, 2.24) is 40.4 Å². The van der Waals surface area contributed by atoms with E-state index in [0.717, 1.165) is 140 Å². The number of benzene rings is 8. The summed E-state index contributed by atoms with van der Waals surface area (Å²) < 4.78 is 99.4. The normalized spacial score (nSPS) is 12.9. The Hall–Kier alpha value is -10.3.